The van der Waals surface area contributed by atoms with Crippen LogP contribution >= 0.6 is 24.0 Å². The minimum atomic E-state index is 0. The molecule has 2 fully saturated rings. The Morgan fingerprint density at radius 2 is 1.96 bits per heavy atom. The topological polar surface area (TPSA) is 58.1 Å². The molecule has 6 nitrogen and oxygen atoms in total. The number of halogens is 1. The van der Waals surface area contributed by atoms with Crippen LogP contribution in [0.1, 0.15) is 51.9 Å². The molecule has 0 amide bonds. The molecule has 2 N–H and O–H groups in total. The molecule has 2 rings (SSSR count). The Bertz CT molecular complexity index is 392. The fourth-order valence-corrected chi connectivity index (χ4v) is 3.75. The zero-order valence-electron chi connectivity index (χ0n) is 17.4. The highest BCUT2D eigenvalue weighted by atomic mass is 127. The van der Waals surface area contributed by atoms with E-state index in [2.05, 4.69) is 27.4 Å². The number of piperidine rings is 1. The molecule has 2 saturated heterocycles. The number of aliphatic imine (C=N–C) groups is 1. The van der Waals surface area contributed by atoms with Crippen LogP contribution in [0, 0.1) is 5.92 Å². The van der Waals surface area contributed by atoms with Crippen LogP contribution in [0.15, 0.2) is 4.99 Å². The van der Waals surface area contributed by atoms with Gasteiger partial charge in [-0.1, -0.05) is 6.92 Å². The predicted octanol–water partition coefficient (Wildman–Crippen LogP) is 2.87. The van der Waals surface area contributed by atoms with Crippen molar-refractivity contribution in [3.63, 3.8) is 0 Å². The molecule has 2 atom stereocenters. The zero-order chi connectivity index (χ0) is 18.5. The lowest BCUT2D eigenvalue weighted by atomic mass is 10.0. The van der Waals surface area contributed by atoms with Crippen molar-refractivity contribution < 1.29 is 9.47 Å². The van der Waals surface area contributed by atoms with Crippen LogP contribution in [0.25, 0.3) is 0 Å². The van der Waals surface area contributed by atoms with Crippen LogP contribution in [-0.2, 0) is 9.47 Å². The van der Waals surface area contributed by atoms with Gasteiger partial charge in [-0.25, -0.2) is 0 Å². The van der Waals surface area contributed by atoms with Gasteiger partial charge in [0.05, 0.1) is 12.7 Å². The molecule has 2 aliphatic heterocycles. The molecule has 2 aliphatic rings. The molecule has 0 radical (unpaired) electrons. The largest absolute Gasteiger partial charge is 0.379 e. The van der Waals surface area contributed by atoms with E-state index in [1.54, 1.807) is 0 Å². The number of unbranched alkanes of at least 4 members (excludes halogenated alkanes) is 1. The van der Waals surface area contributed by atoms with E-state index in [1.165, 1.54) is 51.7 Å². The van der Waals surface area contributed by atoms with Gasteiger partial charge in [-0.3, -0.25) is 4.99 Å². The maximum absolute atomic E-state index is 5.68. The molecule has 7 heteroatoms. The van der Waals surface area contributed by atoms with E-state index in [4.69, 9.17) is 9.47 Å². The van der Waals surface area contributed by atoms with Gasteiger partial charge in [0.25, 0.3) is 0 Å². The van der Waals surface area contributed by atoms with Crippen molar-refractivity contribution in [2.45, 2.75) is 58.0 Å². The third kappa shape index (κ3) is 11.5. The first kappa shape index (κ1) is 24.9. The number of nitrogens with one attached hydrogen (secondary N) is 2. The van der Waals surface area contributed by atoms with E-state index < -0.39 is 0 Å². The number of hydrogen-bond acceptors (Lipinski definition) is 4. The highest BCUT2D eigenvalue weighted by Gasteiger charge is 2.15. The molecule has 0 saturated carbocycles. The van der Waals surface area contributed by atoms with Crippen molar-refractivity contribution in [2.75, 3.05) is 59.6 Å². The molecule has 2 heterocycles. The van der Waals surface area contributed by atoms with E-state index in [0.29, 0.717) is 6.10 Å². The van der Waals surface area contributed by atoms with Crippen molar-refractivity contribution in [3.8, 4) is 0 Å². The molecule has 27 heavy (non-hydrogen) atoms. The summed E-state index contributed by atoms with van der Waals surface area (Å²) in [4.78, 5) is 6.91. The number of guanidine groups is 1. The Morgan fingerprint density at radius 3 is 2.67 bits per heavy atom. The van der Waals surface area contributed by atoms with Crippen molar-refractivity contribution in [2.24, 2.45) is 10.9 Å². The van der Waals surface area contributed by atoms with E-state index >= 15 is 0 Å². The first-order valence-electron chi connectivity index (χ1n) is 10.6. The van der Waals surface area contributed by atoms with Crippen molar-refractivity contribution >= 4 is 29.9 Å². The summed E-state index contributed by atoms with van der Waals surface area (Å²) in [6.45, 7) is 10.5. The number of rotatable bonds is 11. The minimum absolute atomic E-state index is 0. The van der Waals surface area contributed by atoms with Gasteiger partial charge in [0.15, 0.2) is 5.96 Å². The van der Waals surface area contributed by atoms with Crippen LogP contribution in [0.4, 0.5) is 0 Å². The first-order valence-corrected chi connectivity index (χ1v) is 10.6. The van der Waals surface area contributed by atoms with Crippen LogP contribution in [0.5, 0.6) is 0 Å². The Hall–Kier alpha value is -0.120. The second-order valence-corrected chi connectivity index (χ2v) is 7.74. The second-order valence-electron chi connectivity index (χ2n) is 7.74. The lowest BCUT2D eigenvalue weighted by Gasteiger charge is -2.30. The normalized spacial score (nSPS) is 23.9. The van der Waals surface area contributed by atoms with Crippen molar-refractivity contribution in [3.05, 3.63) is 0 Å². The number of hydrogen-bond donors (Lipinski definition) is 2. The number of likely N-dealkylation sites (tertiary alicyclic amines) is 1. The Labute approximate surface area is 183 Å². The van der Waals surface area contributed by atoms with Crippen LogP contribution in [0.2, 0.25) is 0 Å². The highest BCUT2D eigenvalue weighted by molar-refractivity contribution is 14.0. The van der Waals surface area contributed by atoms with Gasteiger partial charge in [0.2, 0.25) is 0 Å². The molecule has 0 aromatic heterocycles. The fraction of sp³-hybridized carbons (Fsp3) is 0.950. The lowest BCUT2D eigenvalue weighted by molar-refractivity contribution is 0.0168. The molecule has 0 bridgehead atoms. The second kappa shape index (κ2) is 15.8. The lowest BCUT2D eigenvalue weighted by Crippen LogP contribution is -2.39. The van der Waals surface area contributed by atoms with Crippen LogP contribution in [-0.4, -0.2) is 76.6 Å². The van der Waals surface area contributed by atoms with Crippen LogP contribution < -0.4 is 10.6 Å². The van der Waals surface area contributed by atoms with Gasteiger partial charge >= 0.3 is 0 Å². The first-order chi connectivity index (χ1) is 12.8. The molecule has 160 valence electrons. The van der Waals surface area contributed by atoms with E-state index in [-0.39, 0.29) is 24.0 Å². The number of ether oxygens (including phenoxy) is 2. The average molecular weight is 496 g/mol. The average Bonchev–Trinajstić information content (AvgIpc) is 3.16. The molecular formula is C20H41IN4O2. The number of nitrogens with zero attached hydrogens (tertiary/aromatic N) is 2. The summed E-state index contributed by atoms with van der Waals surface area (Å²) in [6, 6.07) is 0. The van der Waals surface area contributed by atoms with E-state index in [9.17, 15) is 0 Å². The van der Waals surface area contributed by atoms with Gasteiger partial charge < -0.3 is 25.0 Å². The van der Waals surface area contributed by atoms with Crippen molar-refractivity contribution in [1.82, 2.24) is 15.5 Å². The summed E-state index contributed by atoms with van der Waals surface area (Å²) >= 11 is 0. The van der Waals surface area contributed by atoms with Crippen LogP contribution in [0.3, 0.4) is 0 Å². The summed E-state index contributed by atoms with van der Waals surface area (Å²) < 4.78 is 11.2. The van der Waals surface area contributed by atoms with Gasteiger partial charge in [-0.2, -0.15) is 0 Å². The highest BCUT2D eigenvalue weighted by Crippen LogP contribution is 2.15. The fourth-order valence-electron chi connectivity index (χ4n) is 3.75. The SMILES string of the molecule is CN=C(NCCCCN1CCCC(C)C1)NCCCOCC1CCCO1.I. The standard InChI is InChI=1S/C20H40N4O2.HI/c1-18-8-5-13-24(16-18)12-4-3-10-22-20(21-2)23-11-7-14-25-17-19-9-6-15-26-19;/h18-19H,3-17H2,1-2H3,(H2,21,22,23);1H. The summed E-state index contributed by atoms with van der Waals surface area (Å²) in [5.41, 5.74) is 0. The van der Waals surface area contributed by atoms with Gasteiger partial charge in [-0.15, -0.1) is 24.0 Å². The maximum Gasteiger partial charge on any atom is 0.190 e. The van der Waals surface area contributed by atoms with E-state index in [1.807, 2.05) is 7.05 Å². The molecule has 0 aromatic rings. The Balaban J connectivity index is 0.00000364. The predicted molar refractivity (Wildman–Crippen MR) is 123 cm³/mol. The van der Waals surface area contributed by atoms with Gasteiger partial charge in [0, 0.05) is 39.9 Å². The molecular weight excluding hydrogens is 455 g/mol. The van der Waals surface area contributed by atoms with Gasteiger partial charge in [-0.05, 0) is 64.0 Å². The molecule has 0 aliphatic carbocycles. The summed E-state index contributed by atoms with van der Waals surface area (Å²) in [5.74, 6) is 1.77. The summed E-state index contributed by atoms with van der Waals surface area (Å²) in [7, 11) is 1.83. The zero-order valence-corrected chi connectivity index (χ0v) is 19.7. The summed E-state index contributed by atoms with van der Waals surface area (Å²) in [6.07, 6.45) is 8.85. The smallest absolute Gasteiger partial charge is 0.190 e. The van der Waals surface area contributed by atoms with Crippen molar-refractivity contribution in [1.29, 1.82) is 0 Å². The maximum atomic E-state index is 5.68. The molecule has 0 spiro atoms. The monoisotopic (exact) mass is 496 g/mol. The summed E-state index contributed by atoms with van der Waals surface area (Å²) in [5, 5.41) is 6.77. The minimum Gasteiger partial charge on any atom is -0.379 e. The van der Waals surface area contributed by atoms with E-state index in [0.717, 1.165) is 57.6 Å². The quantitative estimate of drug-likeness (QED) is 0.200. The third-order valence-corrected chi connectivity index (χ3v) is 5.24. The third-order valence-electron chi connectivity index (χ3n) is 5.24. The molecule has 2 unspecified atom stereocenters. The molecule has 0 aromatic carbocycles. The Kier molecular flexibility index (Phi) is 14.5. The van der Waals surface area contributed by atoms with Gasteiger partial charge in [0.1, 0.15) is 0 Å². The Morgan fingerprint density at radius 1 is 1.15 bits per heavy atom.